The van der Waals surface area contributed by atoms with Crippen LogP contribution in [0.5, 0.6) is 0 Å². The van der Waals surface area contributed by atoms with E-state index in [2.05, 4.69) is 58.1 Å². The van der Waals surface area contributed by atoms with Gasteiger partial charge in [0.1, 0.15) is 0 Å². The molecule has 0 saturated carbocycles. The molecule has 1 N–H and O–H groups in total. The summed E-state index contributed by atoms with van der Waals surface area (Å²) in [6, 6.07) is 8.96. The SMILES string of the molecule is CC1SCCCC1Nc1ccccc1Br. The summed E-state index contributed by atoms with van der Waals surface area (Å²) in [4.78, 5) is 0. The van der Waals surface area contributed by atoms with E-state index in [4.69, 9.17) is 0 Å². The Morgan fingerprint density at radius 1 is 1.40 bits per heavy atom. The van der Waals surface area contributed by atoms with Gasteiger partial charge in [0.05, 0.1) is 0 Å². The molecule has 1 aromatic rings. The zero-order chi connectivity index (χ0) is 10.7. The Balaban J connectivity index is 2.04. The second-order valence-electron chi connectivity index (χ2n) is 3.95. The van der Waals surface area contributed by atoms with Crippen LogP contribution in [-0.4, -0.2) is 17.0 Å². The van der Waals surface area contributed by atoms with Gasteiger partial charge in [-0.05, 0) is 46.7 Å². The Labute approximate surface area is 104 Å². The molecule has 2 rings (SSSR count). The van der Waals surface area contributed by atoms with E-state index in [0.29, 0.717) is 11.3 Å². The van der Waals surface area contributed by atoms with Crippen LogP contribution in [0.15, 0.2) is 28.7 Å². The third-order valence-corrected chi connectivity index (χ3v) is 4.89. The highest BCUT2D eigenvalue weighted by Crippen LogP contribution is 2.30. The lowest BCUT2D eigenvalue weighted by molar-refractivity contribution is 0.617. The van der Waals surface area contributed by atoms with E-state index < -0.39 is 0 Å². The van der Waals surface area contributed by atoms with Crippen LogP contribution in [-0.2, 0) is 0 Å². The predicted molar refractivity (Wildman–Crippen MR) is 72.7 cm³/mol. The van der Waals surface area contributed by atoms with Gasteiger partial charge in [-0.2, -0.15) is 11.8 Å². The van der Waals surface area contributed by atoms with E-state index in [-0.39, 0.29) is 0 Å². The number of hydrogen-bond donors (Lipinski definition) is 1. The van der Waals surface area contributed by atoms with Gasteiger partial charge in [-0.1, -0.05) is 19.1 Å². The highest BCUT2D eigenvalue weighted by Gasteiger charge is 2.21. The fourth-order valence-electron chi connectivity index (χ4n) is 1.89. The van der Waals surface area contributed by atoms with E-state index in [9.17, 15) is 0 Å². The molecule has 1 saturated heterocycles. The first-order valence-corrected chi connectivity index (χ1v) is 7.24. The molecule has 1 aromatic carbocycles. The van der Waals surface area contributed by atoms with Gasteiger partial charge in [-0.15, -0.1) is 0 Å². The van der Waals surface area contributed by atoms with Crippen LogP contribution >= 0.6 is 27.7 Å². The molecule has 15 heavy (non-hydrogen) atoms. The number of benzene rings is 1. The van der Waals surface area contributed by atoms with Crippen LogP contribution < -0.4 is 5.32 Å². The molecular formula is C12H16BrNS. The van der Waals surface area contributed by atoms with E-state index in [1.807, 2.05) is 6.07 Å². The summed E-state index contributed by atoms with van der Waals surface area (Å²) < 4.78 is 1.16. The summed E-state index contributed by atoms with van der Waals surface area (Å²) in [5, 5.41) is 4.34. The molecule has 1 aliphatic rings. The standard InChI is InChI=1S/C12H16BrNS/c1-9-11(7-4-8-15-9)14-12-6-3-2-5-10(12)13/h2-3,5-6,9,11,14H,4,7-8H2,1H3. The van der Waals surface area contributed by atoms with Gasteiger partial charge in [-0.3, -0.25) is 0 Å². The molecule has 0 bridgehead atoms. The van der Waals surface area contributed by atoms with Crippen LogP contribution in [0.4, 0.5) is 5.69 Å². The normalized spacial score (nSPS) is 26.3. The molecular weight excluding hydrogens is 270 g/mol. The number of anilines is 1. The largest absolute Gasteiger partial charge is 0.380 e. The maximum absolute atomic E-state index is 3.63. The molecule has 0 aliphatic carbocycles. The maximum Gasteiger partial charge on any atom is 0.0487 e. The van der Waals surface area contributed by atoms with E-state index in [0.717, 1.165) is 4.47 Å². The van der Waals surface area contributed by atoms with Crippen LogP contribution in [0.25, 0.3) is 0 Å². The van der Waals surface area contributed by atoms with Crippen molar-refractivity contribution in [1.29, 1.82) is 0 Å². The lowest BCUT2D eigenvalue weighted by Crippen LogP contribution is -2.32. The van der Waals surface area contributed by atoms with Gasteiger partial charge >= 0.3 is 0 Å². The minimum absolute atomic E-state index is 0.613. The number of thioether (sulfide) groups is 1. The highest BCUT2D eigenvalue weighted by molar-refractivity contribution is 9.10. The molecule has 2 unspecified atom stereocenters. The molecule has 1 heterocycles. The summed E-state index contributed by atoms with van der Waals surface area (Å²) in [7, 11) is 0. The Morgan fingerprint density at radius 2 is 2.20 bits per heavy atom. The monoisotopic (exact) mass is 285 g/mol. The van der Waals surface area contributed by atoms with E-state index in [1.54, 1.807) is 0 Å². The lowest BCUT2D eigenvalue weighted by atomic mass is 10.1. The summed E-state index contributed by atoms with van der Waals surface area (Å²) in [5.41, 5.74) is 1.22. The fraction of sp³-hybridized carbons (Fsp3) is 0.500. The zero-order valence-corrected chi connectivity index (χ0v) is 11.3. The van der Waals surface area contributed by atoms with Crippen molar-refractivity contribution in [3.8, 4) is 0 Å². The van der Waals surface area contributed by atoms with Gasteiger partial charge in [0.25, 0.3) is 0 Å². The van der Waals surface area contributed by atoms with Crippen molar-refractivity contribution in [3.05, 3.63) is 28.7 Å². The fourth-order valence-corrected chi connectivity index (χ4v) is 3.43. The number of rotatable bonds is 2. The van der Waals surface area contributed by atoms with Crippen molar-refractivity contribution in [3.63, 3.8) is 0 Å². The molecule has 1 nitrogen and oxygen atoms in total. The van der Waals surface area contributed by atoms with Crippen LogP contribution in [0.3, 0.4) is 0 Å². The van der Waals surface area contributed by atoms with Crippen molar-refractivity contribution in [2.24, 2.45) is 0 Å². The first-order chi connectivity index (χ1) is 7.27. The molecule has 1 aliphatic heterocycles. The van der Waals surface area contributed by atoms with Gasteiger partial charge in [0, 0.05) is 21.5 Å². The summed E-state index contributed by atoms with van der Waals surface area (Å²) in [6.45, 7) is 2.32. The Hall–Kier alpha value is -0.150. The zero-order valence-electron chi connectivity index (χ0n) is 8.87. The van der Waals surface area contributed by atoms with Crippen molar-refractivity contribution in [2.45, 2.75) is 31.1 Å². The first-order valence-electron chi connectivity index (χ1n) is 5.40. The van der Waals surface area contributed by atoms with Crippen molar-refractivity contribution >= 4 is 33.4 Å². The third-order valence-electron chi connectivity index (χ3n) is 2.82. The second-order valence-corrected chi connectivity index (χ2v) is 6.29. The molecule has 0 amide bonds. The topological polar surface area (TPSA) is 12.0 Å². The molecule has 2 atom stereocenters. The van der Waals surface area contributed by atoms with Crippen molar-refractivity contribution in [1.82, 2.24) is 0 Å². The predicted octanol–water partition coefficient (Wildman–Crippen LogP) is 4.15. The smallest absolute Gasteiger partial charge is 0.0487 e. The number of halogens is 1. The molecule has 1 fully saturated rings. The van der Waals surface area contributed by atoms with E-state index >= 15 is 0 Å². The third kappa shape index (κ3) is 2.91. The van der Waals surface area contributed by atoms with Crippen LogP contribution in [0.2, 0.25) is 0 Å². The second kappa shape index (κ2) is 5.26. The number of hydrogen-bond acceptors (Lipinski definition) is 2. The maximum atomic E-state index is 3.63. The summed E-state index contributed by atoms with van der Waals surface area (Å²) >= 11 is 5.65. The molecule has 0 radical (unpaired) electrons. The average molecular weight is 286 g/mol. The van der Waals surface area contributed by atoms with Crippen molar-refractivity contribution < 1.29 is 0 Å². The molecule has 3 heteroatoms. The molecule has 82 valence electrons. The van der Waals surface area contributed by atoms with Crippen molar-refractivity contribution in [2.75, 3.05) is 11.1 Å². The highest BCUT2D eigenvalue weighted by atomic mass is 79.9. The number of nitrogens with one attached hydrogen (secondary N) is 1. The Morgan fingerprint density at radius 3 is 2.93 bits per heavy atom. The minimum Gasteiger partial charge on any atom is -0.380 e. The Bertz CT molecular complexity index is 329. The van der Waals surface area contributed by atoms with Crippen LogP contribution in [0, 0.1) is 0 Å². The van der Waals surface area contributed by atoms with Gasteiger partial charge in [0.15, 0.2) is 0 Å². The minimum atomic E-state index is 0.613. The quantitative estimate of drug-likeness (QED) is 0.876. The van der Waals surface area contributed by atoms with E-state index in [1.165, 1.54) is 24.3 Å². The Kier molecular flexibility index (Phi) is 3.98. The lowest BCUT2D eigenvalue weighted by Gasteiger charge is -2.30. The number of para-hydroxylation sites is 1. The summed E-state index contributed by atoms with van der Waals surface area (Å²) in [6.07, 6.45) is 2.62. The molecule has 0 spiro atoms. The summed E-state index contributed by atoms with van der Waals surface area (Å²) in [5.74, 6) is 1.31. The first kappa shape index (κ1) is 11.3. The van der Waals surface area contributed by atoms with Crippen LogP contribution in [0.1, 0.15) is 19.8 Å². The van der Waals surface area contributed by atoms with Gasteiger partial charge < -0.3 is 5.32 Å². The van der Waals surface area contributed by atoms with Gasteiger partial charge in [-0.25, -0.2) is 0 Å². The molecule has 0 aromatic heterocycles. The van der Waals surface area contributed by atoms with Gasteiger partial charge in [0.2, 0.25) is 0 Å². The average Bonchev–Trinajstić information content (AvgIpc) is 2.24.